The van der Waals surface area contributed by atoms with Gasteiger partial charge in [0.05, 0.1) is 0 Å². The van der Waals surface area contributed by atoms with Gasteiger partial charge in [0.1, 0.15) is 0 Å². The molecule has 0 saturated heterocycles. The van der Waals surface area contributed by atoms with Crippen LogP contribution >= 0.6 is 0 Å². The molecule has 0 aromatic heterocycles. The molecule has 0 radical (unpaired) electrons. The van der Waals surface area contributed by atoms with Crippen LogP contribution in [0.4, 0.5) is 0 Å². The molecule has 2 rings (SSSR count). The molecule has 0 spiro atoms. The van der Waals surface area contributed by atoms with Gasteiger partial charge < -0.3 is 10.4 Å². The number of nitrogens with zero attached hydrogens (tertiary/aromatic N) is 1. The molecule has 1 aliphatic rings. The van der Waals surface area contributed by atoms with Crippen LogP contribution in [0.15, 0.2) is 41.6 Å². The van der Waals surface area contributed by atoms with Crippen molar-refractivity contribution in [2.45, 2.75) is 19.8 Å². The molecule has 1 unspecified atom stereocenters. The molecule has 1 aromatic rings. The Hall–Kier alpha value is -0.570. The third kappa shape index (κ3) is 2.24. The summed E-state index contributed by atoms with van der Waals surface area (Å²) < 4.78 is 0. The second kappa shape index (κ2) is 4.74. The second-order valence-electron chi connectivity index (χ2n) is 4.58. The predicted octanol–water partition coefficient (Wildman–Crippen LogP) is 0.287. The fraction of sp³-hybridized carbons (Fsp3) is 0.308. The quantitative estimate of drug-likeness (QED) is 0.307. The minimum Gasteiger partial charge on any atom is -0.792 e. The summed E-state index contributed by atoms with van der Waals surface area (Å²) in [7, 11) is 0. The van der Waals surface area contributed by atoms with Gasteiger partial charge in [0, 0.05) is 12.1 Å². The van der Waals surface area contributed by atoms with Crippen LogP contribution in [0.3, 0.4) is 0 Å². The summed E-state index contributed by atoms with van der Waals surface area (Å²) in [5.41, 5.74) is 3.63. The zero-order chi connectivity index (χ0) is 11.1. The van der Waals surface area contributed by atoms with Crippen molar-refractivity contribution in [1.82, 2.24) is 0 Å². The van der Waals surface area contributed by atoms with E-state index in [0.717, 1.165) is 5.56 Å². The smallest absolute Gasteiger partial charge is 0.792 e. The first-order chi connectivity index (χ1) is 7.07. The van der Waals surface area contributed by atoms with Crippen LogP contribution in [0.2, 0.25) is 0 Å². The van der Waals surface area contributed by atoms with Gasteiger partial charge in [0.25, 0.3) is 0 Å². The molecule has 0 amide bonds. The summed E-state index contributed by atoms with van der Waals surface area (Å²) in [6.07, 6.45) is 1.32. The molecule has 1 aliphatic carbocycles. The zero-order valence-corrected chi connectivity index (χ0v) is 12.0. The Bertz CT molecular complexity index is 420. The molecule has 2 nitrogen and oxygen atoms in total. The maximum atomic E-state index is 10.0. The Morgan fingerprint density at radius 1 is 1.31 bits per heavy atom. The van der Waals surface area contributed by atoms with E-state index in [1.165, 1.54) is 17.4 Å². The normalized spacial score (nSPS) is 21.9. The molecular formula is C13H14NNaO. The third-order valence-corrected chi connectivity index (χ3v) is 3.29. The summed E-state index contributed by atoms with van der Waals surface area (Å²) in [5, 5.41) is 12.8. The van der Waals surface area contributed by atoms with Gasteiger partial charge >= 0.3 is 29.6 Å². The predicted molar refractivity (Wildman–Crippen MR) is 63.1 cm³/mol. The molecule has 1 aromatic carbocycles. The van der Waals surface area contributed by atoms with Crippen LogP contribution in [0.1, 0.15) is 30.9 Å². The van der Waals surface area contributed by atoms with Crippen molar-refractivity contribution in [2.24, 2.45) is 10.6 Å². The maximum Gasteiger partial charge on any atom is 1.00 e. The minimum absolute atomic E-state index is 0. The van der Waals surface area contributed by atoms with Gasteiger partial charge in [-0.3, -0.25) is 0 Å². The molecule has 0 heterocycles. The first kappa shape index (κ1) is 13.5. The van der Waals surface area contributed by atoms with Crippen LogP contribution in [0.25, 0.3) is 0 Å². The first-order valence-electron chi connectivity index (χ1n) is 5.02. The van der Waals surface area contributed by atoms with Crippen LogP contribution in [0, 0.1) is 10.6 Å². The molecule has 1 saturated carbocycles. The molecule has 1 atom stereocenters. The van der Waals surface area contributed by atoms with Gasteiger partial charge in [-0.25, -0.2) is 0 Å². The summed E-state index contributed by atoms with van der Waals surface area (Å²) in [4.78, 5) is 0. The molecule has 16 heavy (non-hydrogen) atoms. The van der Waals surface area contributed by atoms with Crippen LogP contribution in [0.5, 0.6) is 0 Å². The van der Waals surface area contributed by atoms with Gasteiger partial charge in [0.15, 0.2) is 0 Å². The van der Waals surface area contributed by atoms with E-state index in [4.69, 9.17) is 0 Å². The van der Waals surface area contributed by atoms with E-state index in [0.29, 0.717) is 5.92 Å². The van der Waals surface area contributed by atoms with Crippen molar-refractivity contribution in [3.63, 3.8) is 0 Å². The van der Waals surface area contributed by atoms with Crippen molar-refractivity contribution in [3.8, 4) is 0 Å². The average Bonchev–Trinajstić information content (AvgIpc) is 2.69. The Morgan fingerprint density at radius 2 is 1.81 bits per heavy atom. The van der Waals surface area contributed by atoms with E-state index in [9.17, 15) is 5.21 Å². The molecule has 1 fully saturated rings. The monoisotopic (exact) mass is 223 g/mol. The Balaban J connectivity index is 0.00000128. The summed E-state index contributed by atoms with van der Waals surface area (Å²) in [6.45, 7) is 8.46. The standard InChI is InChI=1S/C13H15NO.Na/c1-9-12(13(9,2)3)11-6-4-10(5-7-11)8-14-15;/h4-8,12,15H,1H2,2-3H3;/q;+1/p-1/b14-8+;. The van der Waals surface area contributed by atoms with E-state index >= 15 is 0 Å². The number of rotatable bonds is 2. The number of hydrogen-bond donors (Lipinski definition) is 0. The average molecular weight is 223 g/mol. The molecular weight excluding hydrogens is 209 g/mol. The SMILES string of the molecule is C=C1C(c2ccc(/C=N/[O-])cc2)C1(C)C.[Na+]. The van der Waals surface area contributed by atoms with Gasteiger partial charge in [-0.05, 0) is 16.5 Å². The van der Waals surface area contributed by atoms with Gasteiger partial charge in [-0.15, -0.1) is 0 Å². The van der Waals surface area contributed by atoms with Crippen molar-refractivity contribution in [2.75, 3.05) is 0 Å². The summed E-state index contributed by atoms with van der Waals surface area (Å²) >= 11 is 0. The van der Waals surface area contributed by atoms with Crippen LogP contribution in [-0.2, 0) is 0 Å². The van der Waals surface area contributed by atoms with Gasteiger partial charge in [-0.1, -0.05) is 50.3 Å². The van der Waals surface area contributed by atoms with Crippen LogP contribution in [-0.4, -0.2) is 6.21 Å². The van der Waals surface area contributed by atoms with Crippen molar-refractivity contribution in [1.29, 1.82) is 0 Å². The van der Waals surface area contributed by atoms with E-state index in [1.807, 2.05) is 24.3 Å². The van der Waals surface area contributed by atoms with Crippen molar-refractivity contribution >= 4 is 6.21 Å². The maximum absolute atomic E-state index is 10.0. The fourth-order valence-electron chi connectivity index (χ4n) is 2.09. The van der Waals surface area contributed by atoms with E-state index < -0.39 is 0 Å². The Kier molecular flexibility index (Phi) is 4.00. The molecule has 0 N–H and O–H groups in total. The number of hydrogen-bond acceptors (Lipinski definition) is 2. The second-order valence-corrected chi connectivity index (χ2v) is 4.58. The summed E-state index contributed by atoms with van der Waals surface area (Å²) in [5.74, 6) is 0.468. The van der Waals surface area contributed by atoms with Gasteiger partial charge in [0.2, 0.25) is 0 Å². The molecule has 3 heteroatoms. The number of benzene rings is 1. The Morgan fingerprint density at radius 3 is 2.19 bits per heavy atom. The number of allylic oxidation sites excluding steroid dienone is 1. The fourth-order valence-corrected chi connectivity index (χ4v) is 2.09. The van der Waals surface area contributed by atoms with E-state index in [1.54, 1.807) is 0 Å². The van der Waals surface area contributed by atoms with Gasteiger partial charge in [-0.2, -0.15) is 0 Å². The molecule has 78 valence electrons. The van der Waals surface area contributed by atoms with Crippen LogP contribution < -0.4 is 29.6 Å². The van der Waals surface area contributed by atoms with Crippen molar-refractivity contribution < 1.29 is 29.6 Å². The van der Waals surface area contributed by atoms with E-state index in [2.05, 4.69) is 25.6 Å². The van der Waals surface area contributed by atoms with E-state index in [-0.39, 0.29) is 35.0 Å². The topological polar surface area (TPSA) is 35.4 Å². The minimum atomic E-state index is 0. The largest absolute Gasteiger partial charge is 1.00 e. The first-order valence-corrected chi connectivity index (χ1v) is 5.02. The zero-order valence-electron chi connectivity index (χ0n) is 10.0. The Labute approximate surface area is 118 Å². The summed E-state index contributed by atoms with van der Waals surface area (Å²) in [6, 6.07) is 7.92. The third-order valence-electron chi connectivity index (χ3n) is 3.29. The molecule has 0 aliphatic heterocycles. The van der Waals surface area contributed by atoms with Crippen molar-refractivity contribution in [3.05, 3.63) is 52.8 Å². The molecule has 0 bridgehead atoms.